The van der Waals surface area contributed by atoms with E-state index in [1.165, 1.54) is 0 Å². The smallest absolute Gasteiger partial charge is 0.150 e. The molecule has 0 amide bonds. The number of aliphatic hydroxyl groups is 1. The first-order valence-electron chi connectivity index (χ1n) is 6.05. The van der Waals surface area contributed by atoms with Gasteiger partial charge in [0.25, 0.3) is 0 Å². The van der Waals surface area contributed by atoms with Gasteiger partial charge in [-0.15, -0.1) is 0 Å². The maximum Gasteiger partial charge on any atom is 0.150 e. The van der Waals surface area contributed by atoms with Crippen molar-refractivity contribution in [2.45, 2.75) is 25.7 Å². The third-order valence-corrected chi connectivity index (χ3v) is 5.21. The van der Waals surface area contributed by atoms with Crippen LogP contribution in [0, 0.1) is 0 Å². The average molecular weight is 335 g/mol. The summed E-state index contributed by atoms with van der Waals surface area (Å²) in [6, 6.07) is 7.64. The molecule has 102 valence electrons. The van der Waals surface area contributed by atoms with Crippen LogP contribution in [0.2, 0.25) is 0 Å². The summed E-state index contributed by atoms with van der Waals surface area (Å²) in [5.41, 5.74) is 0.971. The first-order chi connectivity index (χ1) is 8.48. The van der Waals surface area contributed by atoms with E-state index in [1.807, 2.05) is 31.2 Å². The van der Waals surface area contributed by atoms with Crippen molar-refractivity contribution in [2.24, 2.45) is 0 Å². The Balaban J connectivity index is 2.69. The van der Waals surface area contributed by atoms with E-state index < -0.39 is 9.84 Å². The molecule has 0 saturated heterocycles. The lowest BCUT2D eigenvalue weighted by Crippen LogP contribution is -2.15. The summed E-state index contributed by atoms with van der Waals surface area (Å²) in [5, 5.41) is 9.39. The lowest BCUT2D eigenvalue weighted by molar-refractivity contribution is 0.262. The lowest BCUT2D eigenvalue weighted by Gasteiger charge is -2.14. The van der Waals surface area contributed by atoms with Crippen LogP contribution in [0.1, 0.15) is 31.2 Å². The molecule has 1 aromatic carbocycles. The molecule has 3 nitrogen and oxygen atoms in total. The molecule has 0 bridgehead atoms. The minimum absolute atomic E-state index is 0.0297. The maximum atomic E-state index is 11.7. The Kier molecular flexibility index (Phi) is 6.32. The molecule has 0 aliphatic rings. The van der Waals surface area contributed by atoms with Gasteiger partial charge in [0.15, 0.2) is 0 Å². The van der Waals surface area contributed by atoms with Crippen molar-refractivity contribution in [1.29, 1.82) is 0 Å². The summed E-state index contributed by atoms with van der Waals surface area (Å²) in [5.74, 6) is 0.247. The number of sulfone groups is 1. The quantitative estimate of drug-likeness (QED) is 0.834. The Morgan fingerprint density at radius 3 is 2.61 bits per heavy atom. The minimum atomic E-state index is -2.98. The maximum absolute atomic E-state index is 11.7. The largest absolute Gasteiger partial charge is 0.396 e. The number of halogens is 1. The van der Waals surface area contributed by atoms with Gasteiger partial charge >= 0.3 is 0 Å². The van der Waals surface area contributed by atoms with Gasteiger partial charge in [-0.1, -0.05) is 35.0 Å². The fraction of sp³-hybridized carbons (Fsp3) is 0.538. The molecule has 0 aliphatic heterocycles. The summed E-state index contributed by atoms with van der Waals surface area (Å²) >= 11 is 3.38. The first kappa shape index (κ1) is 15.7. The highest BCUT2D eigenvalue weighted by Crippen LogP contribution is 2.23. The van der Waals surface area contributed by atoms with E-state index in [0.29, 0.717) is 12.8 Å². The van der Waals surface area contributed by atoms with Crippen molar-refractivity contribution < 1.29 is 13.5 Å². The number of hydrogen-bond donors (Lipinski definition) is 1. The van der Waals surface area contributed by atoms with Gasteiger partial charge in [0.2, 0.25) is 0 Å². The van der Waals surface area contributed by atoms with Crippen molar-refractivity contribution in [3.05, 3.63) is 34.3 Å². The standard InChI is InChI=1S/C13H19BrO3S/c1-2-7-18(16,17)8-6-12(10-15)11-4-3-5-13(14)9-11/h3-5,9,12,15H,2,6-8,10H2,1H3. The van der Waals surface area contributed by atoms with E-state index in [-0.39, 0.29) is 24.0 Å². The minimum Gasteiger partial charge on any atom is -0.396 e. The topological polar surface area (TPSA) is 54.4 Å². The van der Waals surface area contributed by atoms with Crippen molar-refractivity contribution >= 4 is 25.8 Å². The molecule has 1 N–H and O–H groups in total. The zero-order valence-corrected chi connectivity index (χ0v) is 12.9. The SMILES string of the molecule is CCCS(=O)(=O)CCC(CO)c1cccc(Br)c1. The Morgan fingerprint density at radius 2 is 2.06 bits per heavy atom. The molecule has 0 aromatic heterocycles. The predicted octanol–water partition coefficient (Wildman–Crippen LogP) is 2.74. The summed E-state index contributed by atoms with van der Waals surface area (Å²) in [7, 11) is -2.98. The molecule has 0 aliphatic carbocycles. The van der Waals surface area contributed by atoms with Gasteiger partial charge in [-0.05, 0) is 30.5 Å². The molecule has 1 unspecified atom stereocenters. The summed E-state index contributed by atoms with van der Waals surface area (Å²) in [6.45, 7) is 1.83. The van der Waals surface area contributed by atoms with E-state index in [1.54, 1.807) is 0 Å². The van der Waals surface area contributed by atoms with E-state index >= 15 is 0 Å². The van der Waals surface area contributed by atoms with Gasteiger partial charge in [-0.25, -0.2) is 8.42 Å². The zero-order chi connectivity index (χ0) is 13.6. The summed E-state index contributed by atoms with van der Waals surface area (Å²) in [4.78, 5) is 0. The highest BCUT2D eigenvalue weighted by Gasteiger charge is 2.16. The van der Waals surface area contributed by atoms with Crippen LogP contribution in [0.25, 0.3) is 0 Å². The Labute approximate surface area is 117 Å². The molecule has 0 fully saturated rings. The lowest BCUT2D eigenvalue weighted by atomic mass is 9.98. The highest BCUT2D eigenvalue weighted by atomic mass is 79.9. The van der Waals surface area contributed by atoms with Crippen molar-refractivity contribution in [2.75, 3.05) is 18.1 Å². The van der Waals surface area contributed by atoms with Crippen molar-refractivity contribution in [3.63, 3.8) is 0 Å². The second-order valence-electron chi connectivity index (χ2n) is 4.37. The zero-order valence-electron chi connectivity index (χ0n) is 10.5. The molecule has 5 heteroatoms. The van der Waals surface area contributed by atoms with Gasteiger partial charge in [0.05, 0.1) is 5.75 Å². The Morgan fingerprint density at radius 1 is 1.33 bits per heavy atom. The van der Waals surface area contributed by atoms with Crippen LogP contribution in [0.15, 0.2) is 28.7 Å². The average Bonchev–Trinajstić information content (AvgIpc) is 2.29. The predicted molar refractivity (Wildman–Crippen MR) is 77.5 cm³/mol. The van der Waals surface area contributed by atoms with Crippen LogP contribution in [-0.4, -0.2) is 31.6 Å². The van der Waals surface area contributed by atoms with Crippen LogP contribution in [0.3, 0.4) is 0 Å². The van der Waals surface area contributed by atoms with Gasteiger partial charge < -0.3 is 5.11 Å². The molecule has 18 heavy (non-hydrogen) atoms. The number of rotatable bonds is 7. The fourth-order valence-electron chi connectivity index (χ4n) is 1.86. The van der Waals surface area contributed by atoms with Gasteiger partial charge in [0.1, 0.15) is 9.84 Å². The molecular weight excluding hydrogens is 316 g/mol. The van der Waals surface area contributed by atoms with Gasteiger partial charge in [-0.2, -0.15) is 0 Å². The molecule has 0 spiro atoms. The molecular formula is C13H19BrO3S. The Hall–Kier alpha value is -0.390. The second kappa shape index (κ2) is 7.26. The Bertz CT molecular complexity index is 471. The van der Waals surface area contributed by atoms with E-state index in [0.717, 1.165) is 10.0 Å². The molecule has 1 rings (SSSR count). The van der Waals surface area contributed by atoms with Crippen LogP contribution in [0.4, 0.5) is 0 Å². The second-order valence-corrected chi connectivity index (χ2v) is 7.59. The van der Waals surface area contributed by atoms with Crippen molar-refractivity contribution in [1.82, 2.24) is 0 Å². The molecule has 0 saturated carbocycles. The number of aliphatic hydroxyl groups excluding tert-OH is 1. The van der Waals surface area contributed by atoms with Crippen LogP contribution in [-0.2, 0) is 9.84 Å². The van der Waals surface area contributed by atoms with Gasteiger partial charge in [0, 0.05) is 22.8 Å². The number of hydrogen-bond acceptors (Lipinski definition) is 3. The molecule has 1 aromatic rings. The molecule has 1 atom stereocenters. The third-order valence-electron chi connectivity index (χ3n) is 2.83. The molecule has 0 heterocycles. The third kappa shape index (κ3) is 5.08. The number of benzene rings is 1. The monoisotopic (exact) mass is 334 g/mol. The van der Waals surface area contributed by atoms with Crippen LogP contribution < -0.4 is 0 Å². The summed E-state index contributed by atoms with van der Waals surface area (Å²) in [6.07, 6.45) is 1.11. The summed E-state index contributed by atoms with van der Waals surface area (Å²) < 4.78 is 24.3. The normalized spacial score (nSPS) is 13.5. The van der Waals surface area contributed by atoms with E-state index in [4.69, 9.17) is 0 Å². The van der Waals surface area contributed by atoms with Crippen LogP contribution >= 0.6 is 15.9 Å². The van der Waals surface area contributed by atoms with Gasteiger partial charge in [-0.3, -0.25) is 0 Å². The van der Waals surface area contributed by atoms with E-state index in [9.17, 15) is 13.5 Å². The van der Waals surface area contributed by atoms with Crippen LogP contribution in [0.5, 0.6) is 0 Å². The van der Waals surface area contributed by atoms with Crippen molar-refractivity contribution in [3.8, 4) is 0 Å². The fourth-order valence-corrected chi connectivity index (χ4v) is 3.75. The van der Waals surface area contributed by atoms with E-state index in [2.05, 4.69) is 15.9 Å². The highest BCUT2D eigenvalue weighted by molar-refractivity contribution is 9.10. The molecule has 0 radical (unpaired) electrons. The first-order valence-corrected chi connectivity index (χ1v) is 8.66.